The fraction of sp³-hybridized carbons (Fsp3) is 0.192. The molecule has 0 N–H and O–H groups in total. The van der Waals surface area contributed by atoms with Crippen molar-refractivity contribution in [1.82, 2.24) is 24.2 Å². The van der Waals surface area contributed by atoms with E-state index in [1.807, 2.05) is 18.2 Å². The summed E-state index contributed by atoms with van der Waals surface area (Å²) in [5, 5.41) is 4.45. The number of carbonyl (C=O) groups is 2. The van der Waals surface area contributed by atoms with Gasteiger partial charge in [-0.25, -0.2) is 4.68 Å². The molecule has 4 aromatic rings. The van der Waals surface area contributed by atoms with Crippen molar-refractivity contribution in [2.45, 2.75) is 6.54 Å². The van der Waals surface area contributed by atoms with Gasteiger partial charge in [0.2, 0.25) is 0 Å². The van der Waals surface area contributed by atoms with Crippen molar-refractivity contribution in [3.8, 4) is 11.3 Å². The maximum Gasteiger partial charge on any atom is 0.278 e. The zero-order valence-corrected chi connectivity index (χ0v) is 18.9. The summed E-state index contributed by atoms with van der Waals surface area (Å²) in [4.78, 5) is 45.7. The molecule has 0 unspecified atom stereocenters. The van der Waals surface area contributed by atoms with Crippen LogP contribution in [0.1, 0.15) is 26.3 Å². The van der Waals surface area contributed by atoms with Crippen LogP contribution in [0.25, 0.3) is 11.3 Å². The first-order valence-electron chi connectivity index (χ1n) is 11.3. The van der Waals surface area contributed by atoms with E-state index < -0.39 is 0 Å². The molecule has 1 fully saturated rings. The van der Waals surface area contributed by atoms with E-state index in [-0.39, 0.29) is 34.2 Å². The van der Waals surface area contributed by atoms with Gasteiger partial charge in [-0.05, 0) is 42.0 Å². The van der Waals surface area contributed by atoms with Crippen molar-refractivity contribution >= 4 is 11.8 Å². The van der Waals surface area contributed by atoms with Gasteiger partial charge in [-0.15, -0.1) is 0 Å². The van der Waals surface area contributed by atoms with Crippen LogP contribution < -0.4 is 5.56 Å². The van der Waals surface area contributed by atoms with E-state index in [0.717, 1.165) is 10.2 Å². The molecule has 3 aromatic heterocycles. The van der Waals surface area contributed by atoms with Gasteiger partial charge in [0.15, 0.2) is 0 Å². The summed E-state index contributed by atoms with van der Waals surface area (Å²) >= 11 is 0. The molecule has 1 saturated heterocycles. The van der Waals surface area contributed by atoms with E-state index in [1.165, 1.54) is 6.20 Å². The van der Waals surface area contributed by atoms with Gasteiger partial charge in [0.25, 0.3) is 17.4 Å². The topological polar surface area (TPSA) is 99.3 Å². The van der Waals surface area contributed by atoms with Gasteiger partial charge in [-0.3, -0.25) is 19.4 Å². The molecule has 1 amide bonds. The van der Waals surface area contributed by atoms with E-state index in [1.54, 1.807) is 64.5 Å². The molecule has 0 aliphatic carbocycles. The standard InChI is InChI=1S/C26H23N5O4/c32-24(20-5-2-1-3-6-20)31-18-22(26(34)29-13-15-35-16-14-29)23(28-31)21-7-4-12-30(25(21)33)17-19-8-10-27-11-9-19/h1-12,18H,13-17H2. The predicted molar refractivity (Wildman–Crippen MR) is 128 cm³/mol. The molecule has 5 rings (SSSR count). The Bertz CT molecular complexity index is 1410. The van der Waals surface area contributed by atoms with E-state index in [0.29, 0.717) is 38.4 Å². The number of pyridine rings is 2. The van der Waals surface area contributed by atoms with E-state index in [2.05, 4.69) is 10.1 Å². The number of rotatable bonds is 5. The third-order valence-corrected chi connectivity index (χ3v) is 5.85. The first kappa shape index (κ1) is 22.4. The van der Waals surface area contributed by atoms with E-state index >= 15 is 0 Å². The molecule has 1 aliphatic heterocycles. The molecule has 1 aromatic carbocycles. The van der Waals surface area contributed by atoms with Crippen LogP contribution >= 0.6 is 0 Å². The molecule has 0 atom stereocenters. The number of carbonyl (C=O) groups excluding carboxylic acids is 2. The highest BCUT2D eigenvalue weighted by molar-refractivity contribution is 6.02. The van der Waals surface area contributed by atoms with Gasteiger partial charge in [0.1, 0.15) is 5.69 Å². The van der Waals surface area contributed by atoms with Crippen molar-refractivity contribution in [1.29, 1.82) is 0 Å². The summed E-state index contributed by atoms with van der Waals surface area (Å²) < 4.78 is 8.05. The minimum absolute atomic E-state index is 0.180. The summed E-state index contributed by atoms with van der Waals surface area (Å²) in [5.41, 5.74) is 1.66. The van der Waals surface area contributed by atoms with Crippen LogP contribution in [0.4, 0.5) is 0 Å². The molecule has 9 heteroatoms. The maximum absolute atomic E-state index is 13.4. The van der Waals surface area contributed by atoms with E-state index in [4.69, 9.17) is 4.74 Å². The minimum Gasteiger partial charge on any atom is -0.378 e. The lowest BCUT2D eigenvalue weighted by Crippen LogP contribution is -2.40. The zero-order chi connectivity index (χ0) is 24.2. The van der Waals surface area contributed by atoms with Crippen LogP contribution in [-0.4, -0.2) is 62.3 Å². The molecule has 35 heavy (non-hydrogen) atoms. The Hall–Kier alpha value is -4.37. The Kier molecular flexibility index (Phi) is 6.32. The summed E-state index contributed by atoms with van der Waals surface area (Å²) in [6, 6.07) is 15.7. The second-order valence-corrected chi connectivity index (χ2v) is 8.12. The number of hydrogen-bond donors (Lipinski definition) is 0. The fourth-order valence-corrected chi connectivity index (χ4v) is 4.01. The van der Waals surface area contributed by atoms with Gasteiger partial charge in [-0.1, -0.05) is 18.2 Å². The SMILES string of the molecule is O=C(c1cn(C(=O)c2ccccc2)nc1-c1cccn(Cc2ccncc2)c1=O)N1CCOCC1. The monoisotopic (exact) mass is 469 g/mol. The lowest BCUT2D eigenvalue weighted by atomic mass is 10.1. The highest BCUT2D eigenvalue weighted by Crippen LogP contribution is 2.22. The zero-order valence-electron chi connectivity index (χ0n) is 18.9. The predicted octanol–water partition coefficient (Wildman–Crippen LogP) is 2.32. The second kappa shape index (κ2) is 9.86. The normalized spacial score (nSPS) is 13.5. The second-order valence-electron chi connectivity index (χ2n) is 8.12. The fourth-order valence-electron chi connectivity index (χ4n) is 4.01. The van der Waals surface area contributed by atoms with Crippen LogP contribution in [0.5, 0.6) is 0 Å². The van der Waals surface area contributed by atoms with Crippen molar-refractivity contribution in [2.24, 2.45) is 0 Å². The maximum atomic E-state index is 13.4. The Labute approximate surface area is 201 Å². The largest absolute Gasteiger partial charge is 0.378 e. The Morgan fingerprint density at radius 3 is 2.40 bits per heavy atom. The van der Waals surface area contributed by atoms with Gasteiger partial charge < -0.3 is 14.2 Å². The van der Waals surface area contributed by atoms with Gasteiger partial charge >= 0.3 is 0 Å². The average molecular weight is 470 g/mol. The van der Waals surface area contributed by atoms with Crippen LogP contribution in [-0.2, 0) is 11.3 Å². The van der Waals surface area contributed by atoms with Gasteiger partial charge in [0, 0.05) is 43.4 Å². The average Bonchev–Trinajstić information content (AvgIpc) is 3.36. The number of nitrogens with zero attached hydrogens (tertiary/aromatic N) is 5. The Morgan fingerprint density at radius 1 is 0.914 bits per heavy atom. The van der Waals surface area contributed by atoms with Crippen molar-refractivity contribution in [3.63, 3.8) is 0 Å². The molecule has 176 valence electrons. The molecule has 0 bridgehead atoms. The van der Waals surface area contributed by atoms with Crippen LogP contribution in [0.3, 0.4) is 0 Å². The highest BCUT2D eigenvalue weighted by Gasteiger charge is 2.27. The highest BCUT2D eigenvalue weighted by atomic mass is 16.5. The first-order chi connectivity index (χ1) is 17.1. The summed E-state index contributed by atoms with van der Waals surface area (Å²) in [5.74, 6) is -0.680. The minimum atomic E-state index is -0.388. The molecular weight excluding hydrogens is 446 g/mol. The summed E-state index contributed by atoms with van der Waals surface area (Å²) in [6.45, 7) is 2.06. The third kappa shape index (κ3) is 4.67. The van der Waals surface area contributed by atoms with Crippen molar-refractivity contribution in [2.75, 3.05) is 26.3 Å². The molecule has 0 saturated carbocycles. The lowest BCUT2D eigenvalue weighted by molar-refractivity contribution is 0.0303. The Morgan fingerprint density at radius 2 is 1.66 bits per heavy atom. The number of ether oxygens (including phenoxy) is 1. The first-order valence-corrected chi connectivity index (χ1v) is 11.3. The number of hydrogen-bond acceptors (Lipinski definition) is 6. The third-order valence-electron chi connectivity index (χ3n) is 5.85. The smallest absolute Gasteiger partial charge is 0.278 e. The van der Waals surface area contributed by atoms with Crippen LogP contribution in [0.2, 0.25) is 0 Å². The molecular formula is C26H23N5O4. The van der Waals surface area contributed by atoms with Crippen molar-refractivity contribution in [3.05, 3.63) is 106 Å². The van der Waals surface area contributed by atoms with Gasteiger partial charge in [0.05, 0.1) is 30.9 Å². The molecule has 0 spiro atoms. The number of morpholine rings is 1. The molecule has 4 heterocycles. The summed E-state index contributed by atoms with van der Waals surface area (Å²) in [7, 11) is 0. The molecule has 9 nitrogen and oxygen atoms in total. The van der Waals surface area contributed by atoms with Crippen molar-refractivity contribution < 1.29 is 14.3 Å². The van der Waals surface area contributed by atoms with Gasteiger partial charge in [-0.2, -0.15) is 5.10 Å². The van der Waals surface area contributed by atoms with Crippen LogP contribution in [0.15, 0.2) is 84.2 Å². The number of amides is 1. The molecule has 1 aliphatic rings. The number of aromatic nitrogens is 4. The lowest BCUT2D eigenvalue weighted by Gasteiger charge is -2.26. The molecule has 0 radical (unpaired) electrons. The Balaban J connectivity index is 1.58. The quantitative estimate of drug-likeness (QED) is 0.445. The van der Waals surface area contributed by atoms with Crippen LogP contribution in [0, 0.1) is 0 Å². The summed E-state index contributed by atoms with van der Waals surface area (Å²) in [6.07, 6.45) is 6.43. The van der Waals surface area contributed by atoms with E-state index in [9.17, 15) is 14.4 Å². The number of benzene rings is 1.